The van der Waals surface area contributed by atoms with E-state index < -0.39 is 16.6 Å². The smallest absolute Gasteiger partial charge is 0.251 e. The molecule has 2 aromatic rings. The van der Waals surface area contributed by atoms with E-state index in [0.717, 1.165) is 12.0 Å². The van der Waals surface area contributed by atoms with Gasteiger partial charge in [0.2, 0.25) is 5.91 Å². The highest BCUT2D eigenvalue weighted by Crippen LogP contribution is 2.27. The normalized spacial score (nSPS) is 14.4. The molecule has 5 nitrogen and oxygen atoms in total. The van der Waals surface area contributed by atoms with Crippen molar-refractivity contribution in [1.82, 2.24) is 10.6 Å². The summed E-state index contributed by atoms with van der Waals surface area (Å²) < 4.78 is 6.82. The lowest BCUT2D eigenvalue weighted by Crippen LogP contribution is -2.60. The van der Waals surface area contributed by atoms with Gasteiger partial charge in [-0.2, -0.15) is 0 Å². The molecule has 0 spiro atoms. The van der Waals surface area contributed by atoms with Crippen LogP contribution >= 0.6 is 0 Å². The summed E-state index contributed by atoms with van der Waals surface area (Å²) in [5.41, 5.74) is 1.66. The average Bonchev–Trinajstić information content (AvgIpc) is 2.75. The lowest BCUT2D eigenvalue weighted by molar-refractivity contribution is -0.120. The molecular formula is C26H40N2O3Si2. The van der Waals surface area contributed by atoms with Gasteiger partial charge in [-0.1, -0.05) is 62.4 Å². The highest BCUT2D eigenvalue weighted by Gasteiger charge is 2.43. The van der Waals surface area contributed by atoms with Crippen LogP contribution in [-0.4, -0.2) is 34.1 Å². The molecule has 0 heterocycles. The van der Waals surface area contributed by atoms with Crippen LogP contribution in [-0.2, 0) is 15.5 Å². The molecule has 33 heavy (non-hydrogen) atoms. The Balaban J connectivity index is 2.15. The van der Waals surface area contributed by atoms with Crippen LogP contribution in [0.15, 0.2) is 60.7 Å². The summed E-state index contributed by atoms with van der Waals surface area (Å²) in [5, 5.41) is 6.33. The molecule has 0 aliphatic rings. The molecule has 0 aliphatic carbocycles. The maximum Gasteiger partial charge on any atom is 0.251 e. The van der Waals surface area contributed by atoms with Crippen molar-refractivity contribution >= 4 is 28.4 Å². The van der Waals surface area contributed by atoms with Crippen molar-refractivity contribution in [2.24, 2.45) is 5.92 Å². The first-order valence-electron chi connectivity index (χ1n) is 11.9. The Kier molecular flexibility index (Phi) is 10.1. The summed E-state index contributed by atoms with van der Waals surface area (Å²) >= 11 is 0. The van der Waals surface area contributed by atoms with Gasteiger partial charge in [-0.05, 0) is 62.3 Å². The van der Waals surface area contributed by atoms with Crippen LogP contribution in [0.2, 0.25) is 32.2 Å². The number of rotatable bonds is 12. The van der Waals surface area contributed by atoms with E-state index in [1.807, 2.05) is 60.7 Å². The van der Waals surface area contributed by atoms with Crippen LogP contribution < -0.4 is 10.6 Å². The summed E-state index contributed by atoms with van der Waals surface area (Å²) in [6.45, 7) is 13.6. The Morgan fingerprint density at radius 3 is 2.03 bits per heavy atom. The predicted octanol–water partition coefficient (Wildman–Crippen LogP) is 5.50. The lowest BCUT2D eigenvalue weighted by Gasteiger charge is -2.41. The van der Waals surface area contributed by atoms with Crippen molar-refractivity contribution in [3.05, 3.63) is 71.8 Å². The van der Waals surface area contributed by atoms with Crippen LogP contribution in [0, 0.1) is 5.92 Å². The van der Waals surface area contributed by atoms with E-state index in [1.165, 1.54) is 0 Å². The minimum absolute atomic E-state index is 0.0226. The monoisotopic (exact) mass is 484 g/mol. The molecule has 0 radical (unpaired) electrons. The van der Waals surface area contributed by atoms with Gasteiger partial charge in [0.1, 0.15) is 0 Å². The van der Waals surface area contributed by atoms with Crippen molar-refractivity contribution < 1.29 is 13.7 Å². The fourth-order valence-corrected chi connectivity index (χ4v) is 13.1. The Morgan fingerprint density at radius 2 is 1.48 bits per heavy atom. The van der Waals surface area contributed by atoms with Crippen molar-refractivity contribution in [3.8, 4) is 0 Å². The largest absolute Gasteiger partial charge is 0.454 e. The molecule has 2 atom stereocenters. The standard InChI is InChI=1S/C26H40N2O3Si2/c1-21(2)19-25(28-26(30)23-15-11-8-12-16-23)33(6,31-32(3,4)5)18-17-24(29)27-20-22-13-9-7-10-14-22/h7-16,21,25H,17-20H2,1-6H3,(H,27,29)(H,28,30). The average molecular weight is 485 g/mol. The van der Waals surface area contributed by atoms with Gasteiger partial charge in [0.25, 0.3) is 5.91 Å². The molecule has 0 bridgehead atoms. The summed E-state index contributed by atoms with van der Waals surface area (Å²) in [6.07, 6.45) is 1.23. The van der Waals surface area contributed by atoms with E-state index in [9.17, 15) is 9.59 Å². The quantitative estimate of drug-likeness (QED) is 0.391. The van der Waals surface area contributed by atoms with Crippen LogP contribution in [0.25, 0.3) is 0 Å². The van der Waals surface area contributed by atoms with Crippen molar-refractivity contribution in [2.75, 3.05) is 0 Å². The van der Waals surface area contributed by atoms with E-state index in [2.05, 4.69) is 50.7 Å². The SMILES string of the molecule is CC(C)CC(NC(=O)c1ccccc1)[Si](C)(CCC(=O)NCc1ccccc1)O[Si](C)(C)C. The van der Waals surface area contributed by atoms with Gasteiger partial charge in [-0.25, -0.2) is 0 Å². The number of carbonyl (C=O) groups excluding carboxylic acids is 2. The first kappa shape index (κ1) is 27.0. The highest BCUT2D eigenvalue weighted by atomic mass is 28.4. The van der Waals surface area contributed by atoms with Gasteiger partial charge >= 0.3 is 0 Å². The van der Waals surface area contributed by atoms with Crippen LogP contribution in [0.1, 0.15) is 42.6 Å². The molecule has 0 saturated heterocycles. The van der Waals surface area contributed by atoms with Gasteiger partial charge in [-0.15, -0.1) is 0 Å². The number of amides is 2. The molecule has 7 heteroatoms. The number of benzene rings is 2. The van der Waals surface area contributed by atoms with Gasteiger partial charge in [0.05, 0.1) is 0 Å². The Labute approximate surface area is 201 Å². The molecule has 0 fully saturated rings. The third-order valence-electron chi connectivity index (χ3n) is 5.51. The summed E-state index contributed by atoms with van der Waals surface area (Å²) in [5.74, 6) is 0.345. The number of hydrogen-bond acceptors (Lipinski definition) is 3. The van der Waals surface area contributed by atoms with Crippen molar-refractivity contribution in [1.29, 1.82) is 0 Å². The van der Waals surface area contributed by atoms with Gasteiger partial charge in [0.15, 0.2) is 16.6 Å². The van der Waals surface area contributed by atoms with Crippen LogP contribution in [0.3, 0.4) is 0 Å². The van der Waals surface area contributed by atoms with E-state index in [1.54, 1.807) is 0 Å². The summed E-state index contributed by atoms with van der Waals surface area (Å²) in [4.78, 5) is 25.7. The molecule has 0 aromatic heterocycles. The topological polar surface area (TPSA) is 67.4 Å². The first-order valence-corrected chi connectivity index (χ1v) is 18.0. The fraction of sp³-hybridized carbons (Fsp3) is 0.462. The zero-order valence-corrected chi connectivity index (χ0v) is 23.0. The Bertz CT molecular complexity index is 885. The highest BCUT2D eigenvalue weighted by molar-refractivity contribution is 6.85. The molecule has 0 aliphatic heterocycles. The molecule has 2 amide bonds. The molecule has 2 N–H and O–H groups in total. The van der Waals surface area contributed by atoms with Crippen LogP contribution in [0.4, 0.5) is 0 Å². The second-order valence-corrected chi connectivity index (χ2v) is 19.2. The van der Waals surface area contributed by atoms with Crippen molar-refractivity contribution in [2.45, 2.75) is 71.1 Å². The minimum Gasteiger partial charge on any atom is -0.454 e. The Morgan fingerprint density at radius 1 is 0.909 bits per heavy atom. The minimum atomic E-state index is -2.47. The van der Waals surface area contributed by atoms with E-state index in [0.29, 0.717) is 30.5 Å². The third-order valence-corrected chi connectivity index (χ3v) is 12.9. The summed E-state index contributed by atoms with van der Waals surface area (Å²) in [6, 6.07) is 19.9. The van der Waals surface area contributed by atoms with Crippen molar-refractivity contribution in [3.63, 3.8) is 0 Å². The van der Waals surface area contributed by atoms with Gasteiger partial charge in [0, 0.05) is 24.2 Å². The Hall–Kier alpha value is -2.23. The maximum atomic E-state index is 13.0. The second-order valence-electron chi connectivity index (χ2n) is 10.3. The molecule has 0 saturated carbocycles. The molecular weight excluding hydrogens is 444 g/mol. The number of nitrogens with one attached hydrogen (secondary N) is 2. The first-order chi connectivity index (χ1) is 15.5. The fourth-order valence-electron chi connectivity index (χ4n) is 4.01. The third kappa shape index (κ3) is 9.65. The number of hydrogen-bond donors (Lipinski definition) is 2. The molecule has 2 unspecified atom stereocenters. The van der Waals surface area contributed by atoms with E-state index >= 15 is 0 Å². The second kappa shape index (κ2) is 12.3. The maximum absolute atomic E-state index is 13.0. The molecule has 180 valence electrons. The van der Waals surface area contributed by atoms with Gasteiger partial charge in [-0.3, -0.25) is 9.59 Å². The number of carbonyl (C=O) groups is 2. The molecule has 2 rings (SSSR count). The van der Waals surface area contributed by atoms with Crippen LogP contribution in [0.5, 0.6) is 0 Å². The van der Waals surface area contributed by atoms with Gasteiger partial charge < -0.3 is 14.7 Å². The predicted molar refractivity (Wildman–Crippen MR) is 141 cm³/mol. The zero-order chi connectivity index (χ0) is 24.5. The van der Waals surface area contributed by atoms with E-state index in [4.69, 9.17) is 4.12 Å². The van der Waals surface area contributed by atoms with E-state index in [-0.39, 0.29) is 17.5 Å². The lowest BCUT2D eigenvalue weighted by atomic mass is 10.1. The molecule has 2 aromatic carbocycles. The summed E-state index contributed by atoms with van der Waals surface area (Å²) in [7, 11) is -4.38. The zero-order valence-electron chi connectivity index (χ0n) is 21.0.